The Morgan fingerprint density at radius 2 is 2.04 bits per heavy atom. The van der Waals surface area contributed by atoms with Crippen LogP contribution in [0.3, 0.4) is 0 Å². The van der Waals surface area contributed by atoms with Crippen molar-refractivity contribution in [1.82, 2.24) is 14.5 Å². The van der Waals surface area contributed by atoms with Gasteiger partial charge in [0.25, 0.3) is 5.56 Å². The molecule has 1 aliphatic heterocycles. The lowest BCUT2D eigenvalue weighted by atomic mass is 10.2. The first-order valence-corrected chi connectivity index (χ1v) is 10.2. The number of amides is 1. The SMILES string of the molecule is O=C(Cn1cnc2ccccc2c1=O)N1CCSC1c1ccc(Cl)cc1Cl. The van der Waals surface area contributed by atoms with Gasteiger partial charge in [0.05, 0.1) is 17.2 Å². The summed E-state index contributed by atoms with van der Waals surface area (Å²) in [5.41, 5.74) is 1.25. The maximum atomic E-state index is 12.9. The zero-order valence-corrected chi connectivity index (χ0v) is 16.5. The average molecular weight is 420 g/mol. The molecule has 1 amide bonds. The molecule has 0 N–H and O–H groups in total. The van der Waals surface area contributed by atoms with Gasteiger partial charge >= 0.3 is 0 Å². The molecule has 3 aromatic rings. The Kier molecular flexibility index (Phi) is 5.12. The van der Waals surface area contributed by atoms with Gasteiger partial charge < -0.3 is 4.90 Å². The van der Waals surface area contributed by atoms with Gasteiger partial charge in [-0.25, -0.2) is 4.98 Å². The Balaban J connectivity index is 1.61. The highest BCUT2D eigenvalue weighted by Crippen LogP contribution is 2.41. The second kappa shape index (κ2) is 7.54. The van der Waals surface area contributed by atoms with Crippen molar-refractivity contribution in [1.29, 1.82) is 0 Å². The smallest absolute Gasteiger partial charge is 0.261 e. The van der Waals surface area contributed by atoms with Crippen molar-refractivity contribution in [3.05, 3.63) is 74.8 Å². The number of carbonyl (C=O) groups is 1. The van der Waals surface area contributed by atoms with Crippen molar-refractivity contribution in [2.75, 3.05) is 12.3 Å². The monoisotopic (exact) mass is 419 g/mol. The van der Waals surface area contributed by atoms with Gasteiger partial charge in [0, 0.05) is 27.9 Å². The lowest BCUT2D eigenvalue weighted by Crippen LogP contribution is -2.36. The molecule has 1 aromatic heterocycles. The van der Waals surface area contributed by atoms with Crippen molar-refractivity contribution >= 4 is 51.8 Å². The van der Waals surface area contributed by atoms with E-state index in [-0.39, 0.29) is 23.4 Å². The lowest BCUT2D eigenvalue weighted by molar-refractivity contribution is -0.132. The van der Waals surface area contributed by atoms with Crippen molar-refractivity contribution in [3.63, 3.8) is 0 Å². The Bertz CT molecular complexity index is 1090. The highest BCUT2D eigenvalue weighted by atomic mass is 35.5. The lowest BCUT2D eigenvalue weighted by Gasteiger charge is -2.25. The number of aromatic nitrogens is 2. The number of thioether (sulfide) groups is 1. The summed E-state index contributed by atoms with van der Waals surface area (Å²) in [6.45, 7) is 0.543. The minimum Gasteiger partial charge on any atom is -0.324 e. The average Bonchev–Trinajstić information content (AvgIpc) is 3.14. The summed E-state index contributed by atoms with van der Waals surface area (Å²) in [4.78, 5) is 31.6. The number of fused-ring (bicyclic) bond motifs is 1. The van der Waals surface area contributed by atoms with Crippen LogP contribution >= 0.6 is 35.0 Å². The zero-order valence-electron chi connectivity index (χ0n) is 14.1. The fraction of sp³-hybridized carbons (Fsp3) is 0.211. The van der Waals surface area contributed by atoms with Crippen molar-refractivity contribution in [3.8, 4) is 0 Å². The summed E-state index contributed by atoms with van der Waals surface area (Å²) in [6.07, 6.45) is 1.43. The summed E-state index contributed by atoms with van der Waals surface area (Å²) < 4.78 is 1.36. The largest absolute Gasteiger partial charge is 0.324 e. The van der Waals surface area contributed by atoms with E-state index in [0.717, 1.165) is 11.3 Å². The first-order valence-electron chi connectivity index (χ1n) is 8.35. The van der Waals surface area contributed by atoms with Crippen LogP contribution in [-0.4, -0.2) is 32.7 Å². The maximum Gasteiger partial charge on any atom is 0.261 e. The second-order valence-corrected chi connectivity index (χ2v) is 8.20. The molecule has 1 aliphatic rings. The number of hydrogen-bond donors (Lipinski definition) is 0. The highest BCUT2D eigenvalue weighted by molar-refractivity contribution is 7.99. The Labute approximate surface area is 169 Å². The van der Waals surface area contributed by atoms with Gasteiger partial charge in [0.1, 0.15) is 11.9 Å². The zero-order chi connectivity index (χ0) is 19.0. The molecule has 0 saturated carbocycles. The van der Waals surface area contributed by atoms with Crippen LogP contribution < -0.4 is 5.56 Å². The second-order valence-electron chi connectivity index (χ2n) is 6.17. The molecule has 2 heterocycles. The van der Waals surface area contributed by atoms with Gasteiger partial charge in [-0.05, 0) is 24.3 Å². The third-order valence-corrected chi connectivity index (χ3v) is 6.28. The highest BCUT2D eigenvalue weighted by Gasteiger charge is 2.32. The van der Waals surface area contributed by atoms with Crippen LogP contribution in [0.15, 0.2) is 53.6 Å². The van der Waals surface area contributed by atoms with Crippen LogP contribution in [0.2, 0.25) is 10.0 Å². The predicted octanol–water partition coefficient (Wildman–Crippen LogP) is 3.98. The third-order valence-electron chi connectivity index (χ3n) is 4.48. The molecule has 1 atom stereocenters. The van der Waals surface area contributed by atoms with Crippen molar-refractivity contribution in [2.45, 2.75) is 11.9 Å². The number of nitrogens with zero attached hydrogens (tertiary/aromatic N) is 3. The minimum absolute atomic E-state index is 0.0566. The standard InChI is InChI=1S/C19H15Cl2N3O2S/c20-12-5-6-13(15(21)9-12)19-24(7-8-27-19)17(25)10-23-11-22-16-4-2-1-3-14(16)18(23)26/h1-6,9,11,19H,7-8,10H2. The van der Waals surface area contributed by atoms with Crippen molar-refractivity contribution in [2.24, 2.45) is 0 Å². The van der Waals surface area contributed by atoms with Crippen molar-refractivity contribution < 1.29 is 4.79 Å². The fourth-order valence-electron chi connectivity index (χ4n) is 3.14. The third kappa shape index (κ3) is 3.57. The topological polar surface area (TPSA) is 55.2 Å². The molecule has 1 unspecified atom stereocenters. The normalized spacial score (nSPS) is 16.8. The van der Waals surface area contributed by atoms with E-state index in [0.29, 0.717) is 27.5 Å². The molecule has 27 heavy (non-hydrogen) atoms. The van der Waals surface area contributed by atoms with Crippen LogP contribution in [0.4, 0.5) is 0 Å². The van der Waals surface area contributed by atoms with Crippen LogP contribution in [0.1, 0.15) is 10.9 Å². The first-order chi connectivity index (χ1) is 13.0. The number of halogens is 2. The van der Waals surface area contributed by atoms with E-state index < -0.39 is 0 Å². The Morgan fingerprint density at radius 1 is 1.22 bits per heavy atom. The molecule has 138 valence electrons. The van der Waals surface area contributed by atoms with E-state index in [1.54, 1.807) is 47.0 Å². The van der Waals surface area contributed by atoms with Gasteiger partial charge in [-0.2, -0.15) is 0 Å². The molecule has 1 fully saturated rings. The number of carbonyl (C=O) groups excluding carboxylic acids is 1. The Hall–Kier alpha value is -2.02. The van der Waals surface area contributed by atoms with Crippen LogP contribution in [0.5, 0.6) is 0 Å². The summed E-state index contributed by atoms with van der Waals surface area (Å²) in [7, 11) is 0. The van der Waals surface area contributed by atoms with Gasteiger partial charge in [0.2, 0.25) is 5.91 Å². The van der Waals surface area contributed by atoms with E-state index in [4.69, 9.17) is 23.2 Å². The maximum absolute atomic E-state index is 12.9. The fourth-order valence-corrected chi connectivity index (χ4v) is 5.03. The molecular formula is C19H15Cl2N3O2S. The van der Waals surface area contributed by atoms with Crippen LogP contribution in [-0.2, 0) is 11.3 Å². The number of para-hydroxylation sites is 1. The molecule has 1 saturated heterocycles. The van der Waals surface area contributed by atoms with Gasteiger partial charge in [-0.1, -0.05) is 41.4 Å². The summed E-state index contributed by atoms with van der Waals surface area (Å²) >= 11 is 14.0. The molecule has 5 nitrogen and oxygen atoms in total. The minimum atomic E-state index is -0.220. The van der Waals surface area contributed by atoms with Gasteiger partial charge in [-0.3, -0.25) is 14.2 Å². The molecule has 0 spiro atoms. The van der Waals surface area contributed by atoms with E-state index in [2.05, 4.69) is 4.98 Å². The first kappa shape index (κ1) is 18.3. The molecule has 4 rings (SSSR count). The number of hydrogen-bond acceptors (Lipinski definition) is 4. The molecular weight excluding hydrogens is 405 g/mol. The van der Waals surface area contributed by atoms with Gasteiger partial charge in [0.15, 0.2) is 0 Å². The van der Waals surface area contributed by atoms with Crippen LogP contribution in [0.25, 0.3) is 10.9 Å². The Morgan fingerprint density at radius 3 is 2.85 bits per heavy atom. The van der Waals surface area contributed by atoms with E-state index >= 15 is 0 Å². The summed E-state index contributed by atoms with van der Waals surface area (Å²) in [6, 6.07) is 12.4. The number of rotatable bonds is 3. The molecule has 2 aromatic carbocycles. The number of benzene rings is 2. The molecule has 8 heteroatoms. The summed E-state index contributed by atoms with van der Waals surface area (Å²) in [5, 5.41) is 1.40. The molecule has 0 bridgehead atoms. The van der Waals surface area contributed by atoms with E-state index in [1.165, 1.54) is 10.9 Å². The molecule has 0 aliphatic carbocycles. The van der Waals surface area contributed by atoms with E-state index in [1.807, 2.05) is 12.1 Å². The van der Waals surface area contributed by atoms with E-state index in [9.17, 15) is 9.59 Å². The predicted molar refractivity (Wildman–Crippen MR) is 109 cm³/mol. The molecule has 0 radical (unpaired) electrons. The van der Waals surface area contributed by atoms with Crippen LogP contribution in [0, 0.1) is 0 Å². The summed E-state index contributed by atoms with van der Waals surface area (Å²) in [5.74, 6) is 0.662. The van der Waals surface area contributed by atoms with Gasteiger partial charge in [-0.15, -0.1) is 11.8 Å². The quantitative estimate of drug-likeness (QED) is 0.644.